The molecule has 0 aliphatic heterocycles. The number of pyridine rings is 1. The number of rotatable bonds is 5. The molecule has 0 aliphatic rings. The molecule has 7 heteroatoms. The molecule has 3 aromatic heterocycles. The first kappa shape index (κ1) is 21.4. The highest BCUT2D eigenvalue weighted by Crippen LogP contribution is 2.33. The number of aromatic nitrogens is 3. The van der Waals surface area contributed by atoms with Crippen LogP contribution in [0.2, 0.25) is 5.02 Å². The largest absolute Gasteiger partial charge is 0.497 e. The van der Waals surface area contributed by atoms with Crippen molar-refractivity contribution in [1.82, 2.24) is 14.5 Å². The fraction of sp³-hybridized carbons (Fsp3) is 0.115. The Morgan fingerprint density at radius 3 is 2.58 bits per heavy atom. The summed E-state index contributed by atoms with van der Waals surface area (Å²) in [7, 11) is 1.64. The van der Waals surface area contributed by atoms with Crippen LogP contribution in [0.3, 0.4) is 0 Å². The van der Waals surface area contributed by atoms with Crippen molar-refractivity contribution < 1.29 is 9.53 Å². The summed E-state index contributed by atoms with van der Waals surface area (Å²) in [5.74, 6) is 0.650. The van der Waals surface area contributed by atoms with Crippen LogP contribution in [0.4, 0.5) is 0 Å². The number of carbonyl (C=O) groups is 1. The second-order valence-electron chi connectivity index (χ2n) is 7.65. The molecule has 0 unspecified atom stereocenters. The van der Waals surface area contributed by atoms with Crippen LogP contribution in [0.15, 0.2) is 72.4 Å². The van der Waals surface area contributed by atoms with E-state index in [1.807, 2.05) is 37.3 Å². The number of thiazole rings is 1. The summed E-state index contributed by atoms with van der Waals surface area (Å²) in [5, 5.41) is 4.59. The van der Waals surface area contributed by atoms with Crippen LogP contribution < -0.4 is 4.74 Å². The monoisotopic (exact) mass is 473 g/mol. The van der Waals surface area contributed by atoms with Gasteiger partial charge in [0.05, 0.1) is 18.3 Å². The van der Waals surface area contributed by atoms with E-state index < -0.39 is 0 Å². The molecule has 2 aromatic carbocycles. The van der Waals surface area contributed by atoms with Gasteiger partial charge < -0.3 is 4.74 Å². The summed E-state index contributed by atoms with van der Waals surface area (Å²) in [6.07, 6.45) is 4.14. The maximum absolute atomic E-state index is 13.5. The quantitative estimate of drug-likeness (QED) is 0.296. The summed E-state index contributed by atoms with van der Waals surface area (Å²) in [6.45, 7) is 1.98. The fourth-order valence-electron chi connectivity index (χ4n) is 3.99. The smallest absolute Gasteiger partial charge is 0.262 e. The summed E-state index contributed by atoms with van der Waals surface area (Å²) in [4.78, 5) is 22.4. The number of nitrogens with zero attached hydrogens (tertiary/aromatic N) is 3. The number of carbonyl (C=O) groups excluding carboxylic acids is 1. The highest BCUT2D eigenvalue weighted by Gasteiger charge is 2.21. The zero-order valence-corrected chi connectivity index (χ0v) is 19.7. The van der Waals surface area contributed by atoms with Crippen LogP contribution in [0.5, 0.6) is 5.75 Å². The first-order valence-electron chi connectivity index (χ1n) is 10.4. The van der Waals surface area contributed by atoms with E-state index in [1.54, 1.807) is 59.7 Å². The standard InChI is InChI=1S/C26H20ClN3O2S/c1-16-22(13-20-15-33-25(29-20)17-9-11-28-12-10-17)23-14-21(32-2)7-8-24(23)30(16)26(31)18-3-5-19(27)6-4-18/h3-12,14-15H,13H2,1-2H3. The van der Waals surface area contributed by atoms with Gasteiger partial charge in [-0.1, -0.05) is 11.6 Å². The lowest BCUT2D eigenvalue weighted by Gasteiger charge is -2.08. The lowest BCUT2D eigenvalue weighted by atomic mass is 10.1. The third-order valence-corrected chi connectivity index (χ3v) is 6.87. The van der Waals surface area contributed by atoms with E-state index in [-0.39, 0.29) is 5.91 Å². The molecular formula is C26H20ClN3O2S. The van der Waals surface area contributed by atoms with Crippen molar-refractivity contribution in [3.05, 3.63) is 99.9 Å². The van der Waals surface area contributed by atoms with Gasteiger partial charge in [-0.15, -0.1) is 11.3 Å². The molecule has 0 N–H and O–H groups in total. The first-order chi connectivity index (χ1) is 16.0. The molecule has 0 atom stereocenters. The molecule has 0 amide bonds. The molecule has 0 fully saturated rings. The van der Waals surface area contributed by atoms with E-state index in [9.17, 15) is 4.79 Å². The maximum Gasteiger partial charge on any atom is 0.262 e. The number of halogens is 1. The molecule has 33 heavy (non-hydrogen) atoms. The Morgan fingerprint density at radius 2 is 1.85 bits per heavy atom. The predicted molar refractivity (Wildman–Crippen MR) is 133 cm³/mol. The highest BCUT2D eigenvalue weighted by molar-refractivity contribution is 7.13. The van der Waals surface area contributed by atoms with Crippen LogP contribution in [0, 0.1) is 6.92 Å². The molecule has 0 aliphatic carbocycles. The van der Waals surface area contributed by atoms with Crippen LogP contribution in [-0.2, 0) is 6.42 Å². The van der Waals surface area contributed by atoms with Crippen molar-refractivity contribution in [1.29, 1.82) is 0 Å². The lowest BCUT2D eigenvalue weighted by Crippen LogP contribution is -2.13. The molecular weight excluding hydrogens is 454 g/mol. The van der Waals surface area contributed by atoms with Gasteiger partial charge in [-0.2, -0.15) is 0 Å². The number of benzene rings is 2. The molecule has 5 nitrogen and oxygen atoms in total. The predicted octanol–water partition coefficient (Wildman–Crippen LogP) is 6.41. The van der Waals surface area contributed by atoms with Crippen molar-refractivity contribution in [2.24, 2.45) is 0 Å². The lowest BCUT2D eigenvalue weighted by molar-refractivity contribution is 0.0963. The first-order valence-corrected chi connectivity index (χ1v) is 11.6. The van der Waals surface area contributed by atoms with Crippen molar-refractivity contribution in [2.45, 2.75) is 13.3 Å². The van der Waals surface area contributed by atoms with Gasteiger partial charge in [-0.05, 0) is 67.1 Å². The Balaban J connectivity index is 1.60. The van der Waals surface area contributed by atoms with Crippen molar-refractivity contribution in [2.75, 3.05) is 7.11 Å². The minimum atomic E-state index is -0.0960. The van der Waals surface area contributed by atoms with E-state index in [1.165, 1.54) is 0 Å². The fourth-order valence-corrected chi connectivity index (χ4v) is 4.94. The third-order valence-electron chi connectivity index (χ3n) is 5.67. The average molecular weight is 474 g/mol. The van der Waals surface area contributed by atoms with Crippen molar-refractivity contribution in [3.63, 3.8) is 0 Å². The molecule has 3 heterocycles. The Labute approximate surface area is 200 Å². The van der Waals surface area contributed by atoms with Crippen LogP contribution in [0.25, 0.3) is 21.5 Å². The summed E-state index contributed by atoms with van der Waals surface area (Å²) < 4.78 is 7.24. The average Bonchev–Trinajstić information content (AvgIpc) is 3.42. The molecule has 0 spiro atoms. The van der Waals surface area contributed by atoms with Gasteiger partial charge in [0.25, 0.3) is 5.91 Å². The zero-order valence-electron chi connectivity index (χ0n) is 18.1. The van der Waals surface area contributed by atoms with Gasteiger partial charge in [-0.3, -0.25) is 14.3 Å². The Kier molecular flexibility index (Phi) is 5.70. The topological polar surface area (TPSA) is 57.0 Å². The molecule has 164 valence electrons. The van der Waals surface area contributed by atoms with Gasteiger partial charge in [0.15, 0.2) is 0 Å². The second kappa shape index (κ2) is 8.81. The number of hydrogen-bond acceptors (Lipinski definition) is 5. The van der Waals surface area contributed by atoms with E-state index in [2.05, 4.69) is 10.4 Å². The van der Waals surface area contributed by atoms with Crippen LogP contribution >= 0.6 is 22.9 Å². The number of fused-ring (bicyclic) bond motifs is 1. The van der Waals surface area contributed by atoms with Crippen molar-refractivity contribution >= 4 is 39.7 Å². The SMILES string of the molecule is COc1ccc2c(c1)c(Cc1csc(-c3ccncc3)n1)c(C)n2C(=O)c1ccc(Cl)cc1. The summed E-state index contributed by atoms with van der Waals surface area (Å²) in [6, 6.07) is 16.7. The number of ether oxygens (including phenoxy) is 1. The summed E-state index contributed by atoms with van der Waals surface area (Å²) >= 11 is 7.62. The molecule has 5 rings (SSSR count). The van der Waals surface area contributed by atoms with E-state index >= 15 is 0 Å². The minimum Gasteiger partial charge on any atom is -0.497 e. The minimum absolute atomic E-state index is 0.0960. The Morgan fingerprint density at radius 1 is 1.09 bits per heavy atom. The normalized spacial score (nSPS) is 11.1. The highest BCUT2D eigenvalue weighted by atomic mass is 35.5. The molecule has 0 radical (unpaired) electrons. The molecule has 0 saturated heterocycles. The number of methoxy groups -OCH3 is 1. The van der Waals surface area contributed by atoms with Gasteiger partial charge in [-0.25, -0.2) is 4.98 Å². The second-order valence-corrected chi connectivity index (χ2v) is 8.95. The third kappa shape index (κ3) is 4.03. The van der Waals surface area contributed by atoms with E-state index in [0.717, 1.165) is 44.2 Å². The Hall–Kier alpha value is -3.48. The van der Waals surface area contributed by atoms with Crippen LogP contribution in [0.1, 0.15) is 27.3 Å². The van der Waals surface area contributed by atoms with Gasteiger partial charge in [0.2, 0.25) is 0 Å². The van der Waals surface area contributed by atoms with Crippen LogP contribution in [-0.4, -0.2) is 27.6 Å². The maximum atomic E-state index is 13.5. The van der Waals surface area contributed by atoms with Gasteiger partial charge in [0, 0.05) is 51.4 Å². The molecule has 5 aromatic rings. The number of hydrogen-bond donors (Lipinski definition) is 0. The van der Waals surface area contributed by atoms with Crippen molar-refractivity contribution in [3.8, 4) is 16.3 Å². The van der Waals surface area contributed by atoms with Gasteiger partial charge >= 0.3 is 0 Å². The van der Waals surface area contributed by atoms with E-state index in [0.29, 0.717) is 17.0 Å². The Bertz CT molecular complexity index is 1460. The molecule has 0 saturated carbocycles. The zero-order chi connectivity index (χ0) is 22.9. The summed E-state index contributed by atoms with van der Waals surface area (Å²) in [5.41, 5.74) is 5.36. The van der Waals surface area contributed by atoms with Gasteiger partial charge in [0.1, 0.15) is 10.8 Å². The molecule has 0 bridgehead atoms. The van der Waals surface area contributed by atoms with E-state index in [4.69, 9.17) is 21.3 Å².